The van der Waals surface area contributed by atoms with Crippen molar-refractivity contribution in [1.29, 1.82) is 0 Å². The van der Waals surface area contributed by atoms with Crippen LogP contribution in [0, 0.1) is 5.82 Å². The predicted octanol–water partition coefficient (Wildman–Crippen LogP) is 3.37. The molecule has 2 aliphatic heterocycles. The van der Waals surface area contributed by atoms with Crippen molar-refractivity contribution in [2.45, 2.75) is 36.8 Å². The van der Waals surface area contributed by atoms with Gasteiger partial charge in [-0.05, 0) is 30.7 Å². The van der Waals surface area contributed by atoms with Gasteiger partial charge in [-0.25, -0.2) is 19.0 Å². The predicted molar refractivity (Wildman–Crippen MR) is 117 cm³/mol. The van der Waals surface area contributed by atoms with E-state index in [2.05, 4.69) is 15.3 Å². The summed E-state index contributed by atoms with van der Waals surface area (Å²) >= 11 is 0. The van der Waals surface area contributed by atoms with E-state index in [4.69, 9.17) is 24.5 Å². The van der Waals surface area contributed by atoms with Crippen LogP contribution in [0.5, 0.6) is 0 Å². The van der Waals surface area contributed by atoms with E-state index in [1.54, 1.807) is 41.7 Å². The van der Waals surface area contributed by atoms with Crippen molar-refractivity contribution in [3.05, 3.63) is 54.2 Å². The second-order valence-corrected chi connectivity index (χ2v) is 8.20. The molecule has 3 N–H and O–H groups in total. The molecule has 2 aromatic rings. The van der Waals surface area contributed by atoms with Crippen LogP contribution in [0.3, 0.4) is 0 Å². The molecule has 1 spiro atoms. The maximum atomic E-state index is 13.7. The molecular formula is C22H21F7N4O6. The summed E-state index contributed by atoms with van der Waals surface area (Å²) in [6, 6.07) is 6.45. The van der Waals surface area contributed by atoms with Crippen LogP contribution in [-0.2, 0) is 14.3 Å². The van der Waals surface area contributed by atoms with E-state index in [0.717, 1.165) is 12.8 Å². The zero-order valence-electron chi connectivity index (χ0n) is 19.7. The van der Waals surface area contributed by atoms with Crippen LogP contribution in [-0.4, -0.2) is 86.6 Å². The number of halogens is 7. The Bertz CT molecular complexity index is 1130. The summed E-state index contributed by atoms with van der Waals surface area (Å²) in [7, 11) is 0. The molecular weight excluding hydrogens is 549 g/mol. The van der Waals surface area contributed by atoms with Gasteiger partial charge in [0.25, 0.3) is 5.91 Å². The minimum absolute atomic E-state index is 0.0159. The number of likely N-dealkylation sites (tertiary alicyclic amines) is 1. The quantitative estimate of drug-likeness (QED) is 0.474. The number of rotatable bonds is 3. The Morgan fingerprint density at radius 1 is 1.03 bits per heavy atom. The SMILES string of the molecule is O=C(O)C(F)(F)F.O=C(O)C(F)(F)F.O=C(c1cccnc1)N1CCC2(CC(Nc3ncccc3F)CO2)C1. The highest BCUT2D eigenvalue weighted by molar-refractivity contribution is 5.94. The molecule has 2 aromatic heterocycles. The molecule has 0 aromatic carbocycles. The molecule has 0 radical (unpaired) electrons. The van der Waals surface area contributed by atoms with Gasteiger partial charge in [0.2, 0.25) is 0 Å². The standard InChI is InChI=1S/C18H19FN4O2.2C2HF3O2/c19-15-4-2-7-21-16(15)22-14-9-18(25-11-14)5-8-23(12-18)17(24)13-3-1-6-20-10-13;2*3-2(4,5)1(6)7/h1-4,6-7,10,14H,5,8-9,11-12H2,(H,21,22);2*(H,6,7). The first kappa shape index (κ1) is 31.2. The molecule has 214 valence electrons. The van der Waals surface area contributed by atoms with E-state index >= 15 is 0 Å². The number of nitrogens with zero attached hydrogens (tertiary/aromatic N) is 3. The molecule has 2 fully saturated rings. The van der Waals surface area contributed by atoms with Gasteiger partial charge in [-0.3, -0.25) is 9.78 Å². The third-order valence-electron chi connectivity index (χ3n) is 5.31. The summed E-state index contributed by atoms with van der Waals surface area (Å²) in [5, 5.41) is 17.4. The maximum Gasteiger partial charge on any atom is 0.490 e. The fourth-order valence-corrected chi connectivity index (χ4v) is 3.60. The number of ether oxygens (including phenoxy) is 1. The summed E-state index contributed by atoms with van der Waals surface area (Å²) in [6.45, 7) is 1.67. The number of alkyl halides is 6. The number of carbonyl (C=O) groups excluding carboxylic acids is 1. The van der Waals surface area contributed by atoms with Crippen LogP contribution in [0.15, 0.2) is 42.9 Å². The minimum Gasteiger partial charge on any atom is -0.475 e. The normalized spacial score (nSPS) is 20.4. The van der Waals surface area contributed by atoms with Crippen molar-refractivity contribution < 1.29 is 60.1 Å². The van der Waals surface area contributed by atoms with E-state index in [1.165, 1.54) is 6.07 Å². The van der Waals surface area contributed by atoms with Crippen LogP contribution in [0.4, 0.5) is 36.6 Å². The zero-order valence-corrected chi connectivity index (χ0v) is 19.7. The molecule has 2 aliphatic rings. The number of nitrogens with one attached hydrogen (secondary N) is 1. The Morgan fingerprint density at radius 2 is 1.62 bits per heavy atom. The molecule has 0 saturated carbocycles. The third-order valence-corrected chi connectivity index (χ3v) is 5.31. The average molecular weight is 570 g/mol. The van der Waals surface area contributed by atoms with Crippen molar-refractivity contribution >= 4 is 23.7 Å². The monoisotopic (exact) mass is 570 g/mol. The molecule has 0 aliphatic carbocycles. The van der Waals surface area contributed by atoms with E-state index < -0.39 is 24.3 Å². The van der Waals surface area contributed by atoms with Crippen molar-refractivity contribution in [2.24, 2.45) is 0 Å². The van der Waals surface area contributed by atoms with E-state index in [0.29, 0.717) is 25.3 Å². The van der Waals surface area contributed by atoms with E-state index in [1.807, 2.05) is 0 Å². The summed E-state index contributed by atoms with van der Waals surface area (Å²) in [5.41, 5.74) is 0.226. The number of carboxylic acids is 2. The smallest absolute Gasteiger partial charge is 0.475 e. The van der Waals surface area contributed by atoms with Crippen molar-refractivity contribution in [3.8, 4) is 0 Å². The fraction of sp³-hybridized carbons (Fsp3) is 0.409. The van der Waals surface area contributed by atoms with Gasteiger partial charge < -0.3 is 25.2 Å². The molecule has 4 rings (SSSR count). The number of hydrogen-bond acceptors (Lipinski definition) is 7. The van der Waals surface area contributed by atoms with Crippen molar-refractivity contribution in [2.75, 3.05) is 25.0 Å². The number of hydrogen-bond donors (Lipinski definition) is 3. The van der Waals surface area contributed by atoms with Gasteiger partial charge in [0.05, 0.1) is 30.4 Å². The van der Waals surface area contributed by atoms with Gasteiger partial charge in [0, 0.05) is 31.6 Å². The van der Waals surface area contributed by atoms with Gasteiger partial charge in [-0.1, -0.05) is 0 Å². The Labute approximate surface area is 215 Å². The average Bonchev–Trinajstić information content (AvgIpc) is 3.46. The third kappa shape index (κ3) is 9.35. The molecule has 2 unspecified atom stereocenters. The van der Waals surface area contributed by atoms with Crippen LogP contribution < -0.4 is 5.32 Å². The maximum absolute atomic E-state index is 13.7. The second-order valence-electron chi connectivity index (χ2n) is 8.20. The van der Waals surface area contributed by atoms with Gasteiger partial charge in [-0.2, -0.15) is 26.3 Å². The molecule has 2 saturated heterocycles. The Hall–Kier alpha value is -4.02. The van der Waals surface area contributed by atoms with Gasteiger partial charge >= 0.3 is 24.3 Å². The van der Waals surface area contributed by atoms with Crippen molar-refractivity contribution in [1.82, 2.24) is 14.9 Å². The van der Waals surface area contributed by atoms with Gasteiger partial charge in [0.15, 0.2) is 11.6 Å². The molecule has 4 heterocycles. The van der Waals surface area contributed by atoms with E-state index in [-0.39, 0.29) is 29.2 Å². The number of carboxylic acid groups (broad SMARTS) is 2. The Balaban J connectivity index is 0.000000317. The fourth-order valence-electron chi connectivity index (χ4n) is 3.60. The Morgan fingerprint density at radius 3 is 2.13 bits per heavy atom. The summed E-state index contributed by atoms with van der Waals surface area (Å²) in [5.74, 6) is -5.67. The number of carbonyl (C=O) groups is 3. The minimum atomic E-state index is -5.08. The van der Waals surface area contributed by atoms with Crippen LogP contribution in [0.25, 0.3) is 0 Å². The first-order valence-corrected chi connectivity index (χ1v) is 10.8. The molecule has 39 heavy (non-hydrogen) atoms. The lowest BCUT2D eigenvalue weighted by molar-refractivity contribution is -0.193. The lowest BCUT2D eigenvalue weighted by atomic mass is 9.97. The lowest BCUT2D eigenvalue weighted by Crippen LogP contribution is -2.36. The number of pyridine rings is 2. The largest absolute Gasteiger partial charge is 0.490 e. The summed E-state index contributed by atoms with van der Waals surface area (Å²) in [4.78, 5) is 40.2. The van der Waals surface area contributed by atoms with Gasteiger partial charge in [-0.15, -0.1) is 0 Å². The number of aromatic nitrogens is 2. The first-order chi connectivity index (χ1) is 18.0. The molecule has 1 amide bonds. The summed E-state index contributed by atoms with van der Waals surface area (Å²) < 4.78 is 83.2. The number of anilines is 1. The molecule has 0 bridgehead atoms. The van der Waals surface area contributed by atoms with Gasteiger partial charge in [0.1, 0.15) is 0 Å². The zero-order chi connectivity index (χ0) is 29.4. The second kappa shape index (κ2) is 12.7. The van der Waals surface area contributed by atoms with Crippen LogP contribution >= 0.6 is 0 Å². The lowest BCUT2D eigenvalue weighted by Gasteiger charge is -2.23. The number of aliphatic carboxylic acids is 2. The van der Waals surface area contributed by atoms with Crippen LogP contribution in [0.1, 0.15) is 23.2 Å². The molecule has 10 nitrogen and oxygen atoms in total. The topological polar surface area (TPSA) is 142 Å². The highest BCUT2D eigenvalue weighted by Crippen LogP contribution is 2.36. The molecule has 17 heteroatoms. The van der Waals surface area contributed by atoms with Crippen LogP contribution in [0.2, 0.25) is 0 Å². The van der Waals surface area contributed by atoms with E-state index in [9.17, 15) is 35.5 Å². The summed E-state index contributed by atoms with van der Waals surface area (Å²) in [6.07, 6.45) is -3.88. The highest BCUT2D eigenvalue weighted by atomic mass is 19.4. The Kier molecular flexibility index (Phi) is 10.1. The number of amides is 1. The first-order valence-electron chi connectivity index (χ1n) is 10.8. The van der Waals surface area contributed by atoms with Crippen molar-refractivity contribution in [3.63, 3.8) is 0 Å². The molecule has 2 atom stereocenters. The highest BCUT2D eigenvalue weighted by Gasteiger charge is 2.47.